The molecule has 2 N–H and O–H groups in total. The Labute approximate surface area is 414 Å². The second-order valence-corrected chi connectivity index (χ2v) is 17.3. The molecule has 0 saturated carbocycles. The van der Waals surface area contributed by atoms with Crippen LogP contribution in [0.1, 0.15) is 28.1 Å². The number of piperazine rings is 1. The molecule has 0 unspecified atom stereocenters. The van der Waals surface area contributed by atoms with E-state index in [-0.39, 0.29) is 11.1 Å². The average Bonchev–Trinajstić information content (AvgIpc) is 4.09. The highest BCUT2D eigenvalue weighted by Gasteiger charge is 2.59. The van der Waals surface area contributed by atoms with Crippen LogP contribution in [0.5, 0.6) is 0 Å². The molecule has 1 fully saturated rings. The van der Waals surface area contributed by atoms with E-state index in [4.69, 9.17) is 5.26 Å². The minimum absolute atomic E-state index is 0.216. The van der Waals surface area contributed by atoms with Gasteiger partial charge >= 0.3 is 11.8 Å². The van der Waals surface area contributed by atoms with E-state index in [1.54, 1.807) is 23.1 Å². The molecule has 73 heavy (non-hydrogen) atoms. The minimum Gasteiger partial charge on any atom is -0.377 e. The monoisotopic (exact) mass is 1080 g/mol. The fraction of sp³-hybridized carbons (Fsp3) is 0.213. The van der Waals surface area contributed by atoms with Gasteiger partial charge in [-0.05, 0) is 115 Å². The Morgan fingerprint density at radius 2 is 1.01 bits per heavy atom. The first-order valence-corrected chi connectivity index (χ1v) is 22.1. The molecule has 0 spiro atoms. The SMILES string of the molecule is N#Cc1ccc(N2CCN(c3ccc(-c4ccc(C(F)(F)[C@](O)(Cn5cnnn5)c5ccc(F)cc5F)nc4)cc3F)CC2)c(F)c1.O[C@@](Cn1cnnn1)(c1ccc(F)cc1F)C(F)(F)c1ccc(Br)cn1. The number of hydrogen-bond acceptors (Lipinski definition) is 13. The molecule has 5 heterocycles. The molecule has 15 nitrogen and oxygen atoms in total. The molecule has 1 aliphatic heterocycles. The van der Waals surface area contributed by atoms with Crippen molar-refractivity contribution in [3.63, 3.8) is 0 Å². The van der Waals surface area contributed by atoms with Gasteiger partial charge in [-0.3, -0.25) is 9.97 Å². The van der Waals surface area contributed by atoms with E-state index in [1.807, 2.05) is 11.0 Å². The second-order valence-electron chi connectivity index (χ2n) is 16.3. The first-order valence-electron chi connectivity index (χ1n) is 21.3. The zero-order valence-corrected chi connectivity index (χ0v) is 38.7. The lowest BCUT2D eigenvalue weighted by atomic mass is 9.84. The van der Waals surface area contributed by atoms with Crippen LogP contribution in [0.4, 0.5) is 55.3 Å². The standard InChI is InChI=1S/C32H24F6N8O.C15H10BrF4N5O/c33-23-4-5-24(25(34)15-23)31(47,18-46-19-41-42-43-46)32(37,38)30-8-3-22(17-40-30)21-2-7-29(27(36)14-21)45-11-9-44(10-12-45)28-6-1-20(16-39)13-26(28)35;16-9-1-4-13(21-6-9)15(19,20)14(26,7-25-8-22-23-24-25)11-3-2-10(17)5-12(11)18/h1-8,13-15,17,19,47H,9-12,18H2;1-6,8,26H,7H2/t31-;14-/m00/s1. The number of hydrogen-bond donors (Lipinski definition) is 2. The van der Waals surface area contributed by atoms with Crippen LogP contribution in [0.3, 0.4) is 0 Å². The van der Waals surface area contributed by atoms with Crippen LogP contribution >= 0.6 is 15.9 Å². The Hall–Kier alpha value is -7.89. The molecule has 0 aliphatic carbocycles. The predicted octanol–water partition coefficient (Wildman–Crippen LogP) is 7.96. The van der Waals surface area contributed by atoms with Gasteiger partial charge in [-0.15, -0.1) is 10.2 Å². The molecule has 0 bridgehead atoms. The summed E-state index contributed by atoms with van der Waals surface area (Å²) in [4.78, 5) is 11.1. The normalized spacial score (nSPS) is 14.7. The number of benzene rings is 4. The van der Waals surface area contributed by atoms with Crippen molar-refractivity contribution in [2.24, 2.45) is 0 Å². The molecular formula is C47H34BrF10N13O2. The lowest BCUT2D eigenvalue weighted by molar-refractivity contribution is -0.207. The first-order chi connectivity index (χ1) is 34.7. The van der Waals surface area contributed by atoms with E-state index in [2.05, 4.69) is 56.9 Å². The summed E-state index contributed by atoms with van der Waals surface area (Å²) in [6.07, 6.45) is 4.12. The van der Waals surface area contributed by atoms with E-state index in [0.29, 0.717) is 65.8 Å². The maximum atomic E-state index is 16.1. The summed E-state index contributed by atoms with van der Waals surface area (Å²) < 4.78 is 150. The zero-order chi connectivity index (χ0) is 52.3. The molecule has 0 amide bonds. The van der Waals surface area contributed by atoms with E-state index < -0.39 is 93.6 Å². The average molecular weight is 1080 g/mol. The number of halogens is 11. The summed E-state index contributed by atoms with van der Waals surface area (Å²) in [5.74, 6) is -14.1. The minimum atomic E-state index is -4.24. The molecule has 4 aromatic carbocycles. The maximum Gasteiger partial charge on any atom is 0.323 e. The van der Waals surface area contributed by atoms with E-state index >= 15 is 22.0 Å². The number of alkyl halides is 4. The Balaban J connectivity index is 0.000000231. The van der Waals surface area contributed by atoms with Crippen molar-refractivity contribution in [1.82, 2.24) is 50.4 Å². The first kappa shape index (κ1) is 51.5. The summed E-state index contributed by atoms with van der Waals surface area (Å²) in [5.41, 5.74) is -8.39. The maximum absolute atomic E-state index is 16.1. The highest BCUT2D eigenvalue weighted by atomic mass is 79.9. The van der Waals surface area contributed by atoms with Crippen molar-refractivity contribution in [1.29, 1.82) is 5.26 Å². The third-order valence-corrected chi connectivity index (χ3v) is 12.3. The fourth-order valence-corrected chi connectivity index (χ4v) is 8.27. The largest absolute Gasteiger partial charge is 0.377 e. The molecule has 4 aromatic heterocycles. The Morgan fingerprint density at radius 3 is 1.41 bits per heavy atom. The number of aromatic nitrogens is 10. The smallest absolute Gasteiger partial charge is 0.323 e. The summed E-state index contributed by atoms with van der Waals surface area (Å²) in [6.45, 7) is -0.293. The molecule has 9 rings (SSSR count). The number of nitriles is 1. The molecule has 0 radical (unpaired) electrons. The van der Waals surface area contributed by atoms with Crippen LogP contribution in [0.25, 0.3) is 11.1 Å². The molecular weight excluding hydrogens is 1050 g/mol. The highest BCUT2D eigenvalue weighted by molar-refractivity contribution is 9.10. The van der Waals surface area contributed by atoms with Crippen LogP contribution in [0, 0.1) is 46.2 Å². The zero-order valence-electron chi connectivity index (χ0n) is 37.2. The third-order valence-electron chi connectivity index (χ3n) is 11.8. The van der Waals surface area contributed by atoms with Crippen LogP contribution in [-0.4, -0.2) is 86.8 Å². The summed E-state index contributed by atoms with van der Waals surface area (Å²) in [6, 6.07) is 18.8. The lowest BCUT2D eigenvalue weighted by Gasteiger charge is -2.37. The van der Waals surface area contributed by atoms with Gasteiger partial charge in [-0.25, -0.2) is 35.7 Å². The molecule has 8 aromatic rings. The van der Waals surface area contributed by atoms with E-state index in [9.17, 15) is 32.2 Å². The molecule has 1 saturated heterocycles. The van der Waals surface area contributed by atoms with Crippen molar-refractivity contribution in [2.45, 2.75) is 36.1 Å². The van der Waals surface area contributed by atoms with Gasteiger partial charge in [0.25, 0.3) is 0 Å². The number of pyridine rings is 2. The van der Waals surface area contributed by atoms with Crippen LogP contribution in [-0.2, 0) is 36.1 Å². The van der Waals surface area contributed by atoms with Gasteiger partial charge in [0, 0.05) is 71.9 Å². The molecule has 376 valence electrons. The van der Waals surface area contributed by atoms with Crippen LogP contribution < -0.4 is 9.80 Å². The van der Waals surface area contributed by atoms with E-state index in [0.717, 1.165) is 64.7 Å². The van der Waals surface area contributed by atoms with Gasteiger partial charge in [0.2, 0.25) is 0 Å². The molecule has 2 atom stereocenters. The molecule has 26 heteroatoms. The predicted molar refractivity (Wildman–Crippen MR) is 241 cm³/mol. The summed E-state index contributed by atoms with van der Waals surface area (Å²) in [5, 5.41) is 51.4. The number of aliphatic hydroxyl groups is 2. The van der Waals surface area contributed by atoms with Gasteiger partial charge in [-0.2, -0.15) is 22.8 Å². The quantitative estimate of drug-likeness (QED) is 0.106. The number of anilines is 2. The number of tetrazole rings is 2. The lowest BCUT2D eigenvalue weighted by Crippen LogP contribution is -2.48. The van der Waals surface area contributed by atoms with Crippen molar-refractivity contribution in [3.05, 3.63) is 190 Å². The van der Waals surface area contributed by atoms with Crippen molar-refractivity contribution < 1.29 is 54.1 Å². The Morgan fingerprint density at radius 1 is 0.548 bits per heavy atom. The molecule has 1 aliphatic rings. The Bertz CT molecular complexity index is 3260. The summed E-state index contributed by atoms with van der Waals surface area (Å²) in [7, 11) is 0. The number of nitrogens with zero attached hydrogens (tertiary/aromatic N) is 13. The van der Waals surface area contributed by atoms with Crippen molar-refractivity contribution >= 4 is 27.3 Å². The fourth-order valence-electron chi connectivity index (χ4n) is 8.03. The Kier molecular flexibility index (Phi) is 14.6. The van der Waals surface area contributed by atoms with Crippen LogP contribution in [0.2, 0.25) is 0 Å². The van der Waals surface area contributed by atoms with Crippen molar-refractivity contribution in [2.75, 3.05) is 36.0 Å². The third kappa shape index (κ3) is 10.4. The highest BCUT2D eigenvalue weighted by Crippen LogP contribution is 2.48. The van der Waals surface area contributed by atoms with Gasteiger partial charge in [-0.1, -0.05) is 12.1 Å². The number of rotatable bonds is 13. The van der Waals surface area contributed by atoms with Gasteiger partial charge in [0.1, 0.15) is 58.9 Å². The van der Waals surface area contributed by atoms with Gasteiger partial charge in [0.05, 0.1) is 36.1 Å². The van der Waals surface area contributed by atoms with Gasteiger partial charge < -0.3 is 20.0 Å². The van der Waals surface area contributed by atoms with E-state index in [1.165, 1.54) is 30.3 Å². The van der Waals surface area contributed by atoms with Crippen LogP contribution in [0.15, 0.2) is 127 Å². The summed E-state index contributed by atoms with van der Waals surface area (Å²) >= 11 is 3.07. The van der Waals surface area contributed by atoms with Crippen molar-refractivity contribution in [3.8, 4) is 17.2 Å². The topological polar surface area (TPSA) is 184 Å². The van der Waals surface area contributed by atoms with Gasteiger partial charge in [0.15, 0.2) is 11.2 Å². The second kappa shape index (κ2) is 20.7.